The van der Waals surface area contributed by atoms with E-state index in [4.69, 9.17) is 4.74 Å². The van der Waals surface area contributed by atoms with E-state index >= 15 is 0 Å². The molecule has 0 saturated heterocycles. The maximum Gasteiger partial charge on any atom is 0.0731 e. The van der Waals surface area contributed by atoms with Crippen molar-refractivity contribution in [1.29, 1.82) is 0 Å². The van der Waals surface area contributed by atoms with E-state index in [1.807, 2.05) is 7.05 Å². The quantitative estimate of drug-likeness (QED) is 0.681. The number of likely N-dealkylation sites (N-methyl/N-ethyl adjacent to an activating group) is 1. The number of ether oxygens (including phenoxy) is 1. The molecule has 0 spiro atoms. The van der Waals surface area contributed by atoms with Crippen LogP contribution in [0, 0.1) is 0 Å². The van der Waals surface area contributed by atoms with E-state index in [1.54, 1.807) is 0 Å². The number of nitrogens with one attached hydrogen (secondary N) is 1. The molecule has 1 aliphatic rings. The van der Waals surface area contributed by atoms with Gasteiger partial charge in [-0.2, -0.15) is 0 Å². The Morgan fingerprint density at radius 1 is 1.15 bits per heavy atom. The van der Waals surface area contributed by atoms with Gasteiger partial charge in [-0.15, -0.1) is 0 Å². The molecule has 0 heterocycles. The molecule has 0 aromatic carbocycles. The fourth-order valence-corrected chi connectivity index (χ4v) is 2.12. The lowest BCUT2D eigenvalue weighted by molar-refractivity contribution is -0.0157. The van der Waals surface area contributed by atoms with Crippen LogP contribution in [0.25, 0.3) is 0 Å². The van der Waals surface area contributed by atoms with Crippen LogP contribution in [-0.4, -0.2) is 25.3 Å². The van der Waals surface area contributed by atoms with E-state index in [1.165, 1.54) is 32.1 Å². The van der Waals surface area contributed by atoms with Crippen molar-refractivity contribution in [3.8, 4) is 0 Å². The van der Waals surface area contributed by atoms with Crippen LogP contribution in [0.2, 0.25) is 0 Å². The van der Waals surface area contributed by atoms with Crippen LogP contribution in [0.15, 0.2) is 0 Å². The highest BCUT2D eigenvalue weighted by atomic mass is 16.5. The van der Waals surface area contributed by atoms with Gasteiger partial charge in [0, 0.05) is 6.04 Å². The zero-order valence-electron chi connectivity index (χ0n) is 9.18. The summed E-state index contributed by atoms with van der Waals surface area (Å²) in [6.45, 7) is 4.25. The zero-order chi connectivity index (χ0) is 9.68. The summed E-state index contributed by atoms with van der Waals surface area (Å²) in [5.41, 5.74) is 0. The lowest BCUT2D eigenvalue weighted by atomic mass is 10.1. The molecule has 0 bridgehead atoms. The number of rotatable bonds is 3. The van der Waals surface area contributed by atoms with Crippen LogP contribution in [0.3, 0.4) is 0 Å². The summed E-state index contributed by atoms with van der Waals surface area (Å²) in [4.78, 5) is 0. The first-order valence-electron chi connectivity index (χ1n) is 5.56. The summed E-state index contributed by atoms with van der Waals surface area (Å²) in [6.07, 6.45) is 7.35. The molecule has 0 radical (unpaired) electrons. The highest BCUT2D eigenvalue weighted by Crippen LogP contribution is 2.21. The van der Waals surface area contributed by atoms with Crippen molar-refractivity contribution in [3.05, 3.63) is 0 Å². The normalized spacial score (nSPS) is 30.5. The summed E-state index contributed by atoms with van der Waals surface area (Å²) >= 11 is 0. The second kappa shape index (κ2) is 5.61. The van der Waals surface area contributed by atoms with Gasteiger partial charge in [-0.25, -0.2) is 0 Å². The average molecular weight is 185 g/mol. The molecule has 1 rings (SSSR count). The Morgan fingerprint density at radius 3 is 2.46 bits per heavy atom. The minimum atomic E-state index is 0.360. The molecule has 0 aliphatic heterocycles. The predicted molar refractivity (Wildman–Crippen MR) is 55.9 cm³/mol. The smallest absolute Gasteiger partial charge is 0.0731 e. The van der Waals surface area contributed by atoms with Crippen molar-refractivity contribution in [3.63, 3.8) is 0 Å². The third-order valence-electron chi connectivity index (χ3n) is 2.77. The predicted octanol–water partition coefficient (Wildman–Crippen LogP) is 2.33. The molecule has 0 aromatic rings. The molecule has 13 heavy (non-hydrogen) atoms. The monoisotopic (exact) mass is 185 g/mol. The van der Waals surface area contributed by atoms with Gasteiger partial charge in [0.1, 0.15) is 0 Å². The highest BCUT2D eigenvalue weighted by Gasteiger charge is 2.23. The van der Waals surface area contributed by atoms with Crippen LogP contribution >= 0.6 is 0 Å². The maximum atomic E-state index is 5.91. The van der Waals surface area contributed by atoms with Gasteiger partial charge >= 0.3 is 0 Å². The third kappa shape index (κ3) is 3.65. The first kappa shape index (κ1) is 11.0. The highest BCUT2D eigenvalue weighted by molar-refractivity contribution is 4.79. The summed E-state index contributed by atoms with van der Waals surface area (Å²) in [7, 11) is 2.05. The minimum Gasteiger partial charge on any atom is -0.374 e. The molecule has 2 heteroatoms. The third-order valence-corrected chi connectivity index (χ3v) is 2.77. The van der Waals surface area contributed by atoms with Crippen LogP contribution in [0.1, 0.15) is 46.0 Å². The van der Waals surface area contributed by atoms with E-state index in [2.05, 4.69) is 19.2 Å². The van der Waals surface area contributed by atoms with E-state index in [-0.39, 0.29) is 0 Å². The van der Waals surface area contributed by atoms with Crippen molar-refractivity contribution in [1.82, 2.24) is 5.32 Å². The second-order valence-corrected chi connectivity index (χ2v) is 4.26. The molecule has 1 aliphatic carbocycles. The zero-order valence-corrected chi connectivity index (χ0v) is 9.18. The first-order chi connectivity index (χ1) is 6.24. The Kier molecular flexibility index (Phi) is 4.74. The van der Waals surface area contributed by atoms with Crippen LogP contribution in [-0.2, 0) is 4.74 Å². The number of hydrogen-bond acceptors (Lipinski definition) is 2. The molecule has 2 nitrogen and oxygen atoms in total. The van der Waals surface area contributed by atoms with Crippen LogP contribution in [0.5, 0.6) is 0 Å². The Balaban J connectivity index is 2.44. The van der Waals surface area contributed by atoms with Gasteiger partial charge in [0.05, 0.1) is 12.2 Å². The molecule has 0 amide bonds. The van der Waals surface area contributed by atoms with Crippen LogP contribution in [0.4, 0.5) is 0 Å². The molecule has 0 unspecified atom stereocenters. The van der Waals surface area contributed by atoms with Gasteiger partial charge in [0.25, 0.3) is 0 Å². The Morgan fingerprint density at radius 2 is 1.85 bits per heavy atom. The second-order valence-electron chi connectivity index (χ2n) is 4.26. The van der Waals surface area contributed by atoms with Gasteiger partial charge in [-0.1, -0.05) is 19.3 Å². The van der Waals surface area contributed by atoms with Gasteiger partial charge in [-0.05, 0) is 33.7 Å². The summed E-state index contributed by atoms with van der Waals surface area (Å²) in [5.74, 6) is 0. The van der Waals surface area contributed by atoms with Gasteiger partial charge < -0.3 is 10.1 Å². The lowest BCUT2D eigenvalue weighted by Gasteiger charge is -2.26. The van der Waals surface area contributed by atoms with Crippen molar-refractivity contribution in [2.75, 3.05) is 7.05 Å². The molecular weight excluding hydrogens is 162 g/mol. The first-order valence-corrected chi connectivity index (χ1v) is 5.56. The molecule has 0 aromatic heterocycles. The Bertz CT molecular complexity index is 136. The van der Waals surface area contributed by atoms with Gasteiger partial charge in [-0.3, -0.25) is 0 Å². The van der Waals surface area contributed by atoms with E-state index in [9.17, 15) is 0 Å². The van der Waals surface area contributed by atoms with E-state index < -0.39 is 0 Å². The Labute approximate surface area is 82.0 Å². The molecule has 78 valence electrons. The van der Waals surface area contributed by atoms with Crippen LogP contribution < -0.4 is 5.32 Å². The summed E-state index contributed by atoms with van der Waals surface area (Å²) < 4.78 is 5.91. The average Bonchev–Trinajstić information content (AvgIpc) is 2.28. The minimum absolute atomic E-state index is 0.360. The summed E-state index contributed by atoms with van der Waals surface area (Å²) in [6, 6.07) is 0.574. The SMILES string of the molecule is CN[C@@H]1CCCCC[C@H]1OC(C)C. The molecular formula is C11H23NO. The van der Waals surface area contributed by atoms with E-state index in [0.29, 0.717) is 18.2 Å². The number of hydrogen-bond donors (Lipinski definition) is 1. The summed E-state index contributed by atoms with van der Waals surface area (Å²) in [5, 5.41) is 3.37. The fraction of sp³-hybridized carbons (Fsp3) is 1.00. The van der Waals surface area contributed by atoms with Crippen molar-refractivity contribution in [2.24, 2.45) is 0 Å². The van der Waals surface area contributed by atoms with Gasteiger partial charge in [0.15, 0.2) is 0 Å². The maximum absolute atomic E-state index is 5.91. The molecule has 1 fully saturated rings. The fourth-order valence-electron chi connectivity index (χ4n) is 2.12. The standard InChI is InChI=1S/C11H23NO/c1-9(2)13-11-8-6-4-5-7-10(11)12-3/h9-12H,4-8H2,1-3H3/t10-,11-/m1/s1. The van der Waals surface area contributed by atoms with Crippen molar-refractivity contribution in [2.45, 2.75) is 64.2 Å². The Hall–Kier alpha value is -0.0800. The molecule has 1 N–H and O–H groups in total. The lowest BCUT2D eigenvalue weighted by Crippen LogP contribution is -2.39. The van der Waals surface area contributed by atoms with E-state index in [0.717, 1.165) is 0 Å². The largest absolute Gasteiger partial charge is 0.374 e. The molecule has 2 atom stereocenters. The van der Waals surface area contributed by atoms with Gasteiger partial charge in [0.2, 0.25) is 0 Å². The van der Waals surface area contributed by atoms with Crippen molar-refractivity contribution < 1.29 is 4.74 Å². The topological polar surface area (TPSA) is 21.3 Å². The molecule has 1 saturated carbocycles. The van der Waals surface area contributed by atoms with Crippen molar-refractivity contribution >= 4 is 0 Å².